The Hall–Kier alpha value is -2.60. The number of fused-ring (bicyclic) bond motifs is 1. The zero-order chi connectivity index (χ0) is 19.8. The highest BCUT2D eigenvalue weighted by Gasteiger charge is 2.06. The van der Waals surface area contributed by atoms with Crippen molar-refractivity contribution in [1.29, 1.82) is 5.26 Å². The number of nitrogens with zero attached hydrogens (tertiary/aromatic N) is 4. The molecule has 0 saturated heterocycles. The van der Waals surface area contributed by atoms with Gasteiger partial charge in [-0.2, -0.15) is 5.26 Å². The van der Waals surface area contributed by atoms with Crippen molar-refractivity contribution in [3.05, 3.63) is 65.5 Å². The number of guanidine groups is 1. The fourth-order valence-electron chi connectivity index (χ4n) is 3.17. The maximum Gasteiger partial charge on any atom is 0.191 e. The van der Waals surface area contributed by atoms with Gasteiger partial charge in [-0.25, -0.2) is 9.98 Å². The molecule has 1 aromatic heterocycles. The summed E-state index contributed by atoms with van der Waals surface area (Å²) in [6.07, 6.45) is 0.968. The molecule has 2 N–H and O–H groups in total. The molecule has 0 amide bonds. The van der Waals surface area contributed by atoms with Crippen LogP contribution in [-0.4, -0.2) is 28.6 Å². The summed E-state index contributed by atoms with van der Waals surface area (Å²) in [6.45, 7) is 7.16. The predicted molar refractivity (Wildman–Crippen MR) is 128 cm³/mol. The average Bonchev–Trinajstić information content (AvgIpc) is 3.04. The van der Waals surface area contributed by atoms with E-state index in [1.165, 1.54) is 5.52 Å². The van der Waals surface area contributed by atoms with Crippen molar-refractivity contribution < 1.29 is 0 Å². The Labute approximate surface area is 189 Å². The van der Waals surface area contributed by atoms with Gasteiger partial charge in [0.1, 0.15) is 5.82 Å². The highest BCUT2D eigenvalue weighted by Crippen LogP contribution is 2.15. The highest BCUT2D eigenvalue weighted by molar-refractivity contribution is 14.0. The quantitative estimate of drug-likeness (QED) is 0.222. The fraction of sp³-hybridized carbons (Fsp3) is 0.318. The van der Waals surface area contributed by atoms with Gasteiger partial charge in [-0.1, -0.05) is 24.3 Å². The molecule has 0 radical (unpaired) electrons. The topological polar surface area (TPSA) is 78.0 Å². The molecule has 7 heteroatoms. The molecule has 152 valence electrons. The number of halogens is 1. The van der Waals surface area contributed by atoms with Crippen molar-refractivity contribution in [1.82, 2.24) is 20.2 Å². The SMILES string of the molecule is CCNC(=NCc1cccc(C#N)c1)NCCCn1c(C)nc2ccccc21.I. The van der Waals surface area contributed by atoms with Gasteiger partial charge in [0.25, 0.3) is 0 Å². The number of aryl methyl sites for hydroxylation is 2. The van der Waals surface area contributed by atoms with Crippen LogP contribution in [0.4, 0.5) is 0 Å². The van der Waals surface area contributed by atoms with E-state index in [-0.39, 0.29) is 24.0 Å². The standard InChI is InChI=1S/C22H26N6.HI/c1-3-24-22(26-16-19-9-6-8-18(14-19)15-23)25-12-7-13-28-17(2)27-20-10-4-5-11-21(20)28;/h4-6,8-11,14H,3,7,12-13,16H2,1-2H3,(H2,24,25,26);1H. The third-order valence-electron chi connectivity index (χ3n) is 4.52. The van der Waals surface area contributed by atoms with E-state index in [2.05, 4.69) is 50.3 Å². The summed E-state index contributed by atoms with van der Waals surface area (Å²) < 4.78 is 2.26. The molecule has 1 heterocycles. The van der Waals surface area contributed by atoms with Crippen LogP contribution < -0.4 is 10.6 Å². The largest absolute Gasteiger partial charge is 0.357 e. The van der Waals surface area contributed by atoms with Gasteiger partial charge >= 0.3 is 0 Å². The lowest BCUT2D eigenvalue weighted by molar-refractivity contribution is 0.624. The molecule has 3 rings (SSSR count). The summed E-state index contributed by atoms with van der Waals surface area (Å²) in [5, 5.41) is 15.7. The first-order valence-corrected chi connectivity index (χ1v) is 9.64. The number of hydrogen-bond acceptors (Lipinski definition) is 3. The van der Waals surface area contributed by atoms with Crippen LogP contribution in [0.5, 0.6) is 0 Å². The number of aromatic nitrogens is 2. The van der Waals surface area contributed by atoms with Crippen molar-refractivity contribution in [3.63, 3.8) is 0 Å². The van der Waals surface area contributed by atoms with Crippen LogP contribution in [0, 0.1) is 18.3 Å². The molecule has 3 aromatic rings. The Morgan fingerprint density at radius 1 is 1.17 bits per heavy atom. The first-order chi connectivity index (χ1) is 13.7. The number of nitriles is 1. The summed E-state index contributed by atoms with van der Waals surface area (Å²) in [4.78, 5) is 9.24. The maximum absolute atomic E-state index is 9.01. The van der Waals surface area contributed by atoms with Crippen LogP contribution in [0.3, 0.4) is 0 Å². The van der Waals surface area contributed by atoms with E-state index < -0.39 is 0 Å². The van der Waals surface area contributed by atoms with E-state index in [9.17, 15) is 0 Å². The van der Waals surface area contributed by atoms with E-state index in [4.69, 9.17) is 5.26 Å². The van der Waals surface area contributed by atoms with Gasteiger partial charge in [-0.3, -0.25) is 0 Å². The van der Waals surface area contributed by atoms with Gasteiger partial charge in [0.15, 0.2) is 5.96 Å². The van der Waals surface area contributed by atoms with E-state index in [0.29, 0.717) is 12.1 Å². The number of aliphatic imine (C=N–C) groups is 1. The number of imidazole rings is 1. The summed E-state index contributed by atoms with van der Waals surface area (Å²) in [5.74, 6) is 1.83. The lowest BCUT2D eigenvalue weighted by Crippen LogP contribution is -2.38. The average molecular weight is 502 g/mol. The first kappa shape index (κ1) is 22.7. The third-order valence-corrected chi connectivity index (χ3v) is 4.52. The molecule has 2 aromatic carbocycles. The lowest BCUT2D eigenvalue weighted by atomic mass is 10.1. The third kappa shape index (κ3) is 6.19. The maximum atomic E-state index is 9.01. The van der Waals surface area contributed by atoms with Gasteiger partial charge in [-0.15, -0.1) is 24.0 Å². The Balaban J connectivity index is 0.00000300. The van der Waals surface area contributed by atoms with Crippen molar-refractivity contribution in [2.45, 2.75) is 33.4 Å². The van der Waals surface area contributed by atoms with E-state index in [1.54, 1.807) is 6.07 Å². The van der Waals surface area contributed by atoms with Gasteiger partial charge in [0.05, 0.1) is 29.2 Å². The van der Waals surface area contributed by atoms with E-state index in [0.717, 1.165) is 48.9 Å². The van der Waals surface area contributed by atoms with Crippen LogP contribution in [-0.2, 0) is 13.1 Å². The molecule has 0 aliphatic rings. The Kier molecular flexibility index (Phi) is 8.93. The molecular formula is C22H27IN6. The number of hydrogen-bond donors (Lipinski definition) is 2. The molecule has 0 unspecified atom stereocenters. The number of para-hydroxylation sites is 2. The van der Waals surface area contributed by atoms with Crippen LogP contribution in [0.25, 0.3) is 11.0 Å². The molecule has 0 aliphatic heterocycles. The second-order valence-corrected chi connectivity index (χ2v) is 6.59. The lowest BCUT2D eigenvalue weighted by Gasteiger charge is -2.12. The van der Waals surface area contributed by atoms with Gasteiger partial charge in [0, 0.05) is 19.6 Å². The zero-order valence-corrected chi connectivity index (χ0v) is 19.2. The van der Waals surface area contributed by atoms with Crippen molar-refractivity contribution in [2.75, 3.05) is 13.1 Å². The summed E-state index contributed by atoms with van der Waals surface area (Å²) in [6, 6.07) is 18.0. The fourth-order valence-corrected chi connectivity index (χ4v) is 3.17. The summed E-state index contributed by atoms with van der Waals surface area (Å²) >= 11 is 0. The minimum atomic E-state index is 0. The van der Waals surface area contributed by atoms with Gasteiger partial charge in [0.2, 0.25) is 0 Å². The molecule has 0 saturated carbocycles. The molecule has 0 bridgehead atoms. The number of benzene rings is 2. The second kappa shape index (κ2) is 11.4. The molecule has 0 spiro atoms. The van der Waals surface area contributed by atoms with Gasteiger partial charge < -0.3 is 15.2 Å². The predicted octanol–water partition coefficient (Wildman–Crippen LogP) is 3.98. The van der Waals surface area contributed by atoms with Crippen LogP contribution in [0.15, 0.2) is 53.5 Å². The van der Waals surface area contributed by atoms with Crippen molar-refractivity contribution in [2.24, 2.45) is 4.99 Å². The Morgan fingerprint density at radius 3 is 2.79 bits per heavy atom. The molecular weight excluding hydrogens is 475 g/mol. The zero-order valence-electron chi connectivity index (χ0n) is 16.9. The van der Waals surface area contributed by atoms with Crippen LogP contribution >= 0.6 is 24.0 Å². The Bertz CT molecular complexity index is 1000. The molecule has 29 heavy (non-hydrogen) atoms. The van der Waals surface area contributed by atoms with E-state index >= 15 is 0 Å². The van der Waals surface area contributed by atoms with E-state index in [1.807, 2.05) is 37.3 Å². The minimum Gasteiger partial charge on any atom is -0.357 e. The second-order valence-electron chi connectivity index (χ2n) is 6.59. The minimum absolute atomic E-state index is 0. The van der Waals surface area contributed by atoms with Crippen molar-refractivity contribution in [3.8, 4) is 6.07 Å². The normalized spacial score (nSPS) is 11.0. The molecule has 0 aliphatic carbocycles. The first-order valence-electron chi connectivity index (χ1n) is 9.64. The Morgan fingerprint density at radius 2 is 2.00 bits per heavy atom. The summed E-state index contributed by atoms with van der Waals surface area (Å²) in [5.41, 5.74) is 3.91. The monoisotopic (exact) mass is 502 g/mol. The van der Waals surface area contributed by atoms with Crippen molar-refractivity contribution >= 4 is 41.0 Å². The van der Waals surface area contributed by atoms with Crippen LogP contribution in [0.2, 0.25) is 0 Å². The number of nitrogens with one attached hydrogen (secondary N) is 2. The smallest absolute Gasteiger partial charge is 0.191 e. The molecule has 6 nitrogen and oxygen atoms in total. The number of rotatable bonds is 7. The summed E-state index contributed by atoms with van der Waals surface area (Å²) in [7, 11) is 0. The van der Waals surface area contributed by atoms with Crippen LogP contribution in [0.1, 0.15) is 30.3 Å². The molecule has 0 atom stereocenters. The molecule has 0 fully saturated rings. The van der Waals surface area contributed by atoms with Gasteiger partial charge in [-0.05, 0) is 50.1 Å². The highest BCUT2D eigenvalue weighted by atomic mass is 127.